The lowest BCUT2D eigenvalue weighted by Gasteiger charge is -2.08. The zero-order chi connectivity index (χ0) is 13.7. The van der Waals surface area contributed by atoms with Crippen LogP contribution < -0.4 is 5.32 Å². The molecular weight excluding hydrogens is 242 g/mol. The summed E-state index contributed by atoms with van der Waals surface area (Å²) in [6.07, 6.45) is 6.51. The summed E-state index contributed by atoms with van der Waals surface area (Å²) in [6, 6.07) is 6.26. The molecule has 2 N–H and O–H groups in total. The Hall–Kier alpha value is -2.10. The first kappa shape index (κ1) is 13.3. The van der Waals surface area contributed by atoms with Gasteiger partial charge in [-0.1, -0.05) is 23.8 Å². The molecule has 0 aliphatic heterocycles. The Morgan fingerprint density at radius 3 is 2.58 bits per heavy atom. The second-order valence-corrected chi connectivity index (χ2v) is 4.61. The van der Waals surface area contributed by atoms with E-state index >= 15 is 0 Å². The second kappa shape index (κ2) is 6.18. The first-order valence-corrected chi connectivity index (χ1v) is 6.47. The Balaban J connectivity index is 1.94. The molecule has 0 saturated carbocycles. The molecule has 2 rings (SSSR count). The molecule has 0 heterocycles. The SMILES string of the molecule is O=C(O)c1ccccc1C(=O)NCCC1=CCCC1. The van der Waals surface area contributed by atoms with E-state index in [2.05, 4.69) is 11.4 Å². The molecule has 4 nitrogen and oxygen atoms in total. The Morgan fingerprint density at radius 2 is 1.95 bits per heavy atom. The standard InChI is InChI=1S/C15H17NO3/c17-14(16-10-9-11-5-1-2-6-11)12-7-3-4-8-13(12)15(18)19/h3-5,7-8H,1-2,6,9-10H2,(H,16,17)(H,18,19). The van der Waals surface area contributed by atoms with Gasteiger partial charge in [-0.15, -0.1) is 0 Å². The van der Waals surface area contributed by atoms with Crippen molar-refractivity contribution in [2.45, 2.75) is 25.7 Å². The summed E-state index contributed by atoms with van der Waals surface area (Å²) in [5.41, 5.74) is 1.64. The summed E-state index contributed by atoms with van der Waals surface area (Å²) >= 11 is 0. The van der Waals surface area contributed by atoms with Gasteiger partial charge in [0.15, 0.2) is 0 Å². The van der Waals surface area contributed by atoms with Crippen LogP contribution in [0.25, 0.3) is 0 Å². The van der Waals surface area contributed by atoms with Crippen LogP contribution in [-0.2, 0) is 0 Å². The molecule has 4 heteroatoms. The molecule has 1 aliphatic carbocycles. The first-order valence-electron chi connectivity index (χ1n) is 6.47. The van der Waals surface area contributed by atoms with Gasteiger partial charge in [-0.2, -0.15) is 0 Å². The number of amides is 1. The Bertz CT molecular complexity index is 520. The fourth-order valence-corrected chi connectivity index (χ4v) is 2.26. The lowest BCUT2D eigenvalue weighted by atomic mass is 10.1. The fraction of sp³-hybridized carbons (Fsp3) is 0.333. The van der Waals surface area contributed by atoms with E-state index in [0.29, 0.717) is 6.54 Å². The first-order chi connectivity index (χ1) is 9.18. The van der Waals surface area contributed by atoms with Gasteiger partial charge in [0.1, 0.15) is 0 Å². The van der Waals surface area contributed by atoms with Crippen LogP contribution in [0.15, 0.2) is 35.9 Å². The highest BCUT2D eigenvalue weighted by molar-refractivity contribution is 6.04. The predicted molar refractivity (Wildman–Crippen MR) is 72.3 cm³/mol. The van der Waals surface area contributed by atoms with Gasteiger partial charge in [0.05, 0.1) is 11.1 Å². The maximum atomic E-state index is 11.9. The van der Waals surface area contributed by atoms with Gasteiger partial charge in [0.25, 0.3) is 5.91 Å². The summed E-state index contributed by atoms with van der Waals surface area (Å²) in [5, 5.41) is 11.8. The molecule has 0 unspecified atom stereocenters. The molecule has 1 aromatic carbocycles. The predicted octanol–water partition coefficient (Wildman–Crippen LogP) is 2.62. The average Bonchev–Trinajstić information content (AvgIpc) is 2.91. The summed E-state index contributed by atoms with van der Waals surface area (Å²) in [4.78, 5) is 23.0. The third-order valence-corrected chi connectivity index (χ3v) is 3.27. The molecule has 100 valence electrons. The number of allylic oxidation sites excluding steroid dienone is 1. The minimum atomic E-state index is -1.08. The van der Waals surface area contributed by atoms with Crippen LogP contribution >= 0.6 is 0 Å². The van der Waals surface area contributed by atoms with Gasteiger partial charge < -0.3 is 10.4 Å². The molecule has 0 saturated heterocycles. The molecule has 1 aliphatic rings. The Morgan fingerprint density at radius 1 is 1.21 bits per heavy atom. The number of benzene rings is 1. The van der Waals surface area contributed by atoms with E-state index < -0.39 is 5.97 Å². The highest BCUT2D eigenvalue weighted by atomic mass is 16.4. The lowest BCUT2D eigenvalue weighted by molar-refractivity contribution is 0.0691. The van der Waals surface area contributed by atoms with Crippen molar-refractivity contribution in [3.63, 3.8) is 0 Å². The minimum Gasteiger partial charge on any atom is -0.478 e. The van der Waals surface area contributed by atoms with Crippen molar-refractivity contribution >= 4 is 11.9 Å². The zero-order valence-electron chi connectivity index (χ0n) is 10.7. The van der Waals surface area contributed by atoms with Crippen molar-refractivity contribution in [1.82, 2.24) is 5.32 Å². The van der Waals surface area contributed by atoms with Gasteiger partial charge in [-0.25, -0.2) is 4.79 Å². The highest BCUT2D eigenvalue weighted by Gasteiger charge is 2.15. The maximum absolute atomic E-state index is 11.9. The van der Waals surface area contributed by atoms with Crippen LogP contribution in [-0.4, -0.2) is 23.5 Å². The van der Waals surface area contributed by atoms with Crippen LogP contribution in [0, 0.1) is 0 Å². The van der Waals surface area contributed by atoms with Gasteiger partial charge in [-0.3, -0.25) is 4.79 Å². The van der Waals surface area contributed by atoms with Crippen LogP contribution in [0.4, 0.5) is 0 Å². The number of carboxylic acid groups (broad SMARTS) is 1. The third kappa shape index (κ3) is 3.44. The zero-order valence-corrected chi connectivity index (χ0v) is 10.7. The molecule has 1 aromatic rings. The number of hydrogen-bond donors (Lipinski definition) is 2. The van der Waals surface area contributed by atoms with Crippen molar-refractivity contribution in [3.05, 3.63) is 47.0 Å². The number of carbonyl (C=O) groups excluding carboxylic acids is 1. The van der Waals surface area contributed by atoms with Crippen molar-refractivity contribution < 1.29 is 14.7 Å². The van der Waals surface area contributed by atoms with E-state index in [0.717, 1.165) is 19.3 Å². The van der Waals surface area contributed by atoms with E-state index in [-0.39, 0.29) is 17.0 Å². The topological polar surface area (TPSA) is 66.4 Å². The van der Waals surface area contributed by atoms with E-state index in [9.17, 15) is 9.59 Å². The van der Waals surface area contributed by atoms with Crippen molar-refractivity contribution in [2.24, 2.45) is 0 Å². The van der Waals surface area contributed by atoms with Crippen LogP contribution in [0.3, 0.4) is 0 Å². The van der Waals surface area contributed by atoms with E-state index in [1.807, 2.05) is 0 Å². The van der Waals surface area contributed by atoms with Gasteiger partial charge in [0, 0.05) is 6.54 Å². The molecule has 0 aromatic heterocycles. The van der Waals surface area contributed by atoms with Gasteiger partial charge >= 0.3 is 5.97 Å². The number of carbonyl (C=O) groups is 2. The van der Waals surface area contributed by atoms with Crippen LogP contribution in [0.1, 0.15) is 46.4 Å². The molecule has 0 radical (unpaired) electrons. The second-order valence-electron chi connectivity index (χ2n) is 4.61. The largest absolute Gasteiger partial charge is 0.478 e. The van der Waals surface area contributed by atoms with Crippen molar-refractivity contribution in [1.29, 1.82) is 0 Å². The van der Waals surface area contributed by atoms with E-state index in [1.165, 1.54) is 24.1 Å². The average molecular weight is 259 g/mol. The molecule has 0 fully saturated rings. The van der Waals surface area contributed by atoms with Crippen LogP contribution in [0.5, 0.6) is 0 Å². The number of hydrogen-bond acceptors (Lipinski definition) is 2. The normalized spacial score (nSPS) is 14.0. The quantitative estimate of drug-likeness (QED) is 0.799. The molecule has 1 amide bonds. The molecule has 0 atom stereocenters. The molecule has 0 bridgehead atoms. The van der Waals surface area contributed by atoms with E-state index in [1.54, 1.807) is 12.1 Å². The monoisotopic (exact) mass is 259 g/mol. The van der Waals surface area contributed by atoms with E-state index in [4.69, 9.17) is 5.11 Å². The van der Waals surface area contributed by atoms with Gasteiger partial charge in [0.2, 0.25) is 0 Å². The number of carboxylic acids is 1. The number of nitrogens with one attached hydrogen (secondary N) is 1. The third-order valence-electron chi connectivity index (χ3n) is 3.27. The molecule has 0 spiro atoms. The number of rotatable bonds is 5. The smallest absolute Gasteiger partial charge is 0.336 e. The summed E-state index contributed by atoms with van der Waals surface area (Å²) in [6.45, 7) is 0.554. The van der Waals surface area contributed by atoms with Crippen molar-refractivity contribution in [2.75, 3.05) is 6.54 Å². The Labute approximate surface area is 112 Å². The number of aromatic carboxylic acids is 1. The summed E-state index contributed by atoms with van der Waals surface area (Å²) in [5.74, 6) is -1.40. The molecule has 19 heavy (non-hydrogen) atoms. The van der Waals surface area contributed by atoms with Crippen LogP contribution in [0.2, 0.25) is 0 Å². The highest BCUT2D eigenvalue weighted by Crippen LogP contribution is 2.19. The Kier molecular flexibility index (Phi) is 4.34. The minimum absolute atomic E-state index is 0.0417. The maximum Gasteiger partial charge on any atom is 0.336 e. The fourth-order valence-electron chi connectivity index (χ4n) is 2.26. The van der Waals surface area contributed by atoms with Gasteiger partial charge in [-0.05, 0) is 37.8 Å². The summed E-state index contributed by atoms with van der Waals surface area (Å²) < 4.78 is 0. The lowest BCUT2D eigenvalue weighted by Crippen LogP contribution is -2.26. The summed E-state index contributed by atoms with van der Waals surface area (Å²) in [7, 11) is 0. The van der Waals surface area contributed by atoms with Crippen molar-refractivity contribution in [3.8, 4) is 0 Å². The molecular formula is C15H17NO3.